The number of piperidine rings is 1. The molecule has 0 spiro atoms. The van der Waals surface area contributed by atoms with Gasteiger partial charge < -0.3 is 14.8 Å². The monoisotopic (exact) mass is 437 g/mol. The first-order valence-electron chi connectivity index (χ1n) is 11.6. The molecule has 1 saturated heterocycles. The molecule has 1 atom stereocenters. The van der Waals surface area contributed by atoms with Gasteiger partial charge in [0.1, 0.15) is 11.4 Å². The number of likely N-dealkylation sites (tertiary alicyclic amines) is 1. The lowest BCUT2D eigenvalue weighted by Gasteiger charge is -2.35. The number of amides is 1. The second kappa shape index (κ2) is 10.1. The Hall–Kier alpha value is -2.93. The number of benzene rings is 1. The van der Waals surface area contributed by atoms with Gasteiger partial charge in [-0.3, -0.25) is 4.79 Å². The Balaban J connectivity index is 1.50. The van der Waals surface area contributed by atoms with E-state index in [9.17, 15) is 9.18 Å². The predicted molar refractivity (Wildman–Crippen MR) is 124 cm³/mol. The molecule has 1 aliphatic rings. The molecule has 170 valence electrons. The molecule has 7 heteroatoms. The molecule has 1 aromatic carbocycles. The van der Waals surface area contributed by atoms with Crippen molar-refractivity contribution in [3.63, 3.8) is 0 Å². The van der Waals surface area contributed by atoms with E-state index in [1.165, 1.54) is 37.8 Å². The van der Waals surface area contributed by atoms with Crippen LogP contribution in [0, 0.1) is 12.7 Å². The average Bonchev–Trinajstić information content (AvgIpc) is 3.45. The van der Waals surface area contributed by atoms with Crippen molar-refractivity contribution >= 4 is 5.91 Å². The van der Waals surface area contributed by atoms with Crippen LogP contribution in [0.25, 0.3) is 11.5 Å². The van der Waals surface area contributed by atoms with Gasteiger partial charge in [-0.25, -0.2) is 9.07 Å². The van der Waals surface area contributed by atoms with Gasteiger partial charge >= 0.3 is 0 Å². The van der Waals surface area contributed by atoms with Gasteiger partial charge in [0.25, 0.3) is 5.91 Å². The zero-order valence-corrected chi connectivity index (χ0v) is 18.9. The fourth-order valence-electron chi connectivity index (χ4n) is 4.65. The number of rotatable bonds is 8. The average molecular weight is 438 g/mol. The standard InChI is InChI=1S/C25H32FN5O/c1-3-21-9-4-5-15-29(21)18-8-14-27-24(32)23-19(2)28-31(22-12-10-20(26)11-13-22)25(23)30-16-6-7-17-30/h6-7,10-13,16-17,21H,3-5,8-9,14-15,18H2,1-2H3,(H,27,32). The van der Waals surface area contributed by atoms with Crippen LogP contribution in [-0.2, 0) is 0 Å². The summed E-state index contributed by atoms with van der Waals surface area (Å²) in [4.78, 5) is 15.8. The Bertz CT molecular complexity index is 1030. The highest BCUT2D eigenvalue weighted by molar-refractivity contribution is 5.98. The Kier molecular flexibility index (Phi) is 7.05. The molecule has 1 aliphatic heterocycles. The lowest BCUT2D eigenvalue weighted by Crippen LogP contribution is -2.40. The van der Waals surface area contributed by atoms with Crippen molar-refractivity contribution in [2.75, 3.05) is 19.6 Å². The Morgan fingerprint density at radius 3 is 2.66 bits per heavy atom. The SMILES string of the molecule is CCC1CCCCN1CCCNC(=O)c1c(C)nn(-c2ccc(F)cc2)c1-n1cccc1. The van der Waals surface area contributed by atoms with E-state index in [1.807, 2.05) is 36.0 Å². The molecule has 0 aliphatic carbocycles. The molecule has 1 unspecified atom stereocenters. The zero-order valence-electron chi connectivity index (χ0n) is 18.9. The lowest BCUT2D eigenvalue weighted by molar-refractivity contribution is 0.0946. The number of halogens is 1. The van der Waals surface area contributed by atoms with E-state index in [0.717, 1.165) is 19.5 Å². The molecule has 6 nitrogen and oxygen atoms in total. The van der Waals surface area contributed by atoms with Crippen molar-refractivity contribution in [1.82, 2.24) is 24.6 Å². The number of aryl methyl sites for hydroxylation is 1. The Morgan fingerprint density at radius 1 is 1.19 bits per heavy atom. The molecule has 0 radical (unpaired) electrons. The van der Waals surface area contributed by atoms with E-state index in [-0.39, 0.29) is 11.7 Å². The third kappa shape index (κ3) is 4.78. The maximum atomic E-state index is 13.4. The van der Waals surface area contributed by atoms with Crippen molar-refractivity contribution < 1.29 is 9.18 Å². The van der Waals surface area contributed by atoms with Gasteiger partial charge in [0.2, 0.25) is 0 Å². The molecule has 2 aromatic heterocycles. The summed E-state index contributed by atoms with van der Waals surface area (Å²) < 4.78 is 17.0. The summed E-state index contributed by atoms with van der Waals surface area (Å²) in [6, 6.07) is 10.6. The van der Waals surface area contributed by atoms with Gasteiger partial charge in [-0.1, -0.05) is 13.3 Å². The second-order valence-electron chi connectivity index (χ2n) is 8.47. The number of hydrogen-bond acceptors (Lipinski definition) is 3. The van der Waals surface area contributed by atoms with Crippen LogP contribution < -0.4 is 5.32 Å². The van der Waals surface area contributed by atoms with Gasteiger partial charge in [0.05, 0.1) is 11.4 Å². The number of nitrogens with zero attached hydrogens (tertiary/aromatic N) is 4. The summed E-state index contributed by atoms with van der Waals surface area (Å²) in [6.07, 6.45) is 9.75. The third-order valence-electron chi connectivity index (χ3n) is 6.31. The molecule has 3 heterocycles. The van der Waals surface area contributed by atoms with E-state index < -0.39 is 0 Å². The Morgan fingerprint density at radius 2 is 1.94 bits per heavy atom. The van der Waals surface area contributed by atoms with Crippen molar-refractivity contribution in [3.8, 4) is 11.5 Å². The highest BCUT2D eigenvalue weighted by atomic mass is 19.1. The number of carbonyl (C=O) groups is 1. The number of carbonyl (C=O) groups excluding carboxylic acids is 1. The van der Waals surface area contributed by atoms with E-state index >= 15 is 0 Å². The largest absolute Gasteiger partial charge is 0.352 e. The molecule has 1 amide bonds. The van der Waals surface area contributed by atoms with Gasteiger partial charge in [0.15, 0.2) is 5.82 Å². The van der Waals surface area contributed by atoms with Crippen LogP contribution in [0.4, 0.5) is 4.39 Å². The van der Waals surface area contributed by atoms with Gasteiger partial charge in [-0.2, -0.15) is 5.10 Å². The minimum Gasteiger partial charge on any atom is -0.352 e. The smallest absolute Gasteiger partial charge is 0.256 e. The van der Waals surface area contributed by atoms with Gasteiger partial charge in [-0.15, -0.1) is 0 Å². The topological polar surface area (TPSA) is 55.1 Å². The fourth-order valence-corrected chi connectivity index (χ4v) is 4.65. The van der Waals surface area contributed by atoms with E-state index in [1.54, 1.807) is 16.8 Å². The van der Waals surface area contributed by atoms with Crippen LogP contribution in [0.2, 0.25) is 0 Å². The fraction of sp³-hybridized carbons (Fsp3) is 0.440. The maximum absolute atomic E-state index is 13.4. The summed E-state index contributed by atoms with van der Waals surface area (Å²) in [7, 11) is 0. The highest BCUT2D eigenvalue weighted by Crippen LogP contribution is 2.23. The van der Waals surface area contributed by atoms with Crippen LogP contribution in [0.1, 0.15) is 55.1 Å². The van der Waals surface area contributed by atoms with Crippen molar-refractivity contribution in [3.05, 3.63) is 65.9 Å². The van der Waals surface area contributed by atoms with Crippen LogP contribution in [0.5, 0.6) is 0 Å². The van der Waals surface area contributed by atoms with Crippen molar-refractivity contribution in [1.29, 1.82) is 0 Å². The van der Waals surface area contributed by atoms with Crippen molar-refractivity contribution in [2.24, 2.45) is 0 Å². The summed E-state index contributed by atoms with van der Waals surface area (Å²) >= 11 is 0. The molecule has 3 aromatic rings. The predicted octanol–water partition coefficient (Wildman–Crippen LogP) is 4.49. The first-order valence-corrected chi connectivity index (χ1v) is 11.6. The number of hydrogen-bond donors (Lipinski definition) is 1. The summed E-state index contributed by atoms with van der Waals surface area (Å²) in [5, 5.41) is 7.71. The van der Waals surface area contributed by atoms with E-state index in [2.05, 4.69) is 22.2 Å². The van der Waals surface area contributed by atoms with Gasteiger partial charge in [-0.05, 0) is 75.5 Å². The van der Waals surface area contributed by atoms with Crippen LogP contribution >= 0.6 is 0 Å². The van der Waals surface area contributed by atoms with Crippen LogP contribution in [0.3, 0.4) is 0 Å². The quantitative estimate of drug-likeness (QED) is 0.528. The molecule has 4 rings (SSSR count). The first-order chi connectivity index (χ1) is 15.6. The maximum Gasteiger partial charge on any atom is 0.256 e. The normalized spacial score (nSPS) is 16.9. The molecular formula is C25H32FN5O. The molecular weight excluding hydrogens is 405 g/mol. The summed E-state index contributed by atoms with van der Waals surface area (Å²) in [5.41, 5.74) is 1.88. The van der Waals surface area contributed by atoms with Crippen molar-refractivity contribution in [2.45, 2.75) is 52.0 Å². The van der Waals surface area contributed by atoms with E-state index in [0.29, 0.717) is 35.3 Å². The second-order valence-corrected chi connectivity index (χ2v) is 8.47. The summed E-state index contributed by atoms with van der Waals surface area (Å²) in [5.74, 6) is 0.209. The van der Waals surface area contributed by atoms with Gasteiger partial charge in [0, 0.05) is 31.5 Å². The number of nitrogens with one attached hydrogen (secondary N) is 1. The molecule has 32 heavy (non-hydrogen) atoms. The first kappa shape index (κ1) is 22.3. The molecule has 0 saturated carbocycles. The van der Waals surface area contributed by atoms with E-state index in [4.69, 9.17) is 0 Å². The number of aromatic nitrogens is 3. The summed E-state index contributed by atoms with van der Waals surface area (Å²) in [6.45, 7) is 6.89. The molecule has 1 N–H and O–H groups in total. The third-order valence-corrected chi connectivity index (χ3v) is 6.31. The molecule has 1 fully saturated rings. The lowest BCUT2D eigenvalue weighted by atomic mass is 10.00. The highest BCUT2D eigenvalue weighted by Gasteiger charge is 2.24. The zero-order chi connectivity index (χ0) is 22.5. The van der Waals surface area contributed by atoms with Crippen LogP contribution in [-0.4, -0.2) is 50.8 Å². The Labute approximate surface area is 189 Å². The molecule has 0 bridgehead atoms. The van der Waals surface area contributed by atoms with Crippen LogP contribution in [0.15, 0.2) is 48.8 Å². The minimum absolute atomic E-state index is 0.134. The minimum atomic E-state index is -0.308.